The number of nitriles is 1. The van der Waals surface area contributed by atoms with Gasteiger partial charge in [0.1, 0.15) is 5.60 Å². The minimum Gasteiger partial charge on any atom is -0.444 e. The molecule has 0 fully saturated rings. The number of hydrogen-bond donors (Lipinski definition) is 2. The summed E-state index contributed by atoms with van der Waals surface area (Å²) >= 11 is 0. The molecule has 0 saturated heterocycles. The second kappa shape index (κ2) is 6.59. The molecule has 0 aliphatic rings. The molecule has 3 N–H and O–H groups in total. The molecular formula is C16H23N3O2. The van der Waals surface area contributed by atoms with Gasteiger partial charge in [0.2, 0.25) is 0 Å². The van der Waals surface area contributed by atoms with Gasteiger partial charge in [-0.25, -0.2) is 4.79 Å². The number of alkyl carbamates (subject to hydrolysis) is 1. The van der Waals surface area contributed by atoms with E-state index in [4.69, 9.17) is 15.7 Å². The molecule has 1 aromatic carbocycles. The smallest absolute Gasteiger partial charge is 0.407 e. The molecule has 0 aromatic heterocycles. The Balaban J connectivity index is 2.81. The largest absolute Gasteiger partial charge is 0.444 e. The Morgan fingerprint density at radius 3 is 2.57 bits per heavy atom. The summed E-state index contributed by atoms with van der Waals surface area (Å²) < 4.78 is 5.22. The molecule has 0 saturated carbocycles. The predicted octanol–water partition coefficient (Wildman–Crippen LogP) is 2.30. The van der Waals surface area contributed by atoms with Gasteiger partial charge in [0.15, 0.2) is 0 Å². The molecular weight excluding hydrogens is 266 g/mol. The minimum atomic E-state index is -0.538. The summed E-state index contributed by atoms with van der Waals surface area (Å²) in [6.07, 6.45) is -0.474. The zero-order valence-electron chi connectivity index (χ0n) is 13.1. The number of nitrogens with two attached hydrogens (primary N) is 1. The quantitative estimate of drug-likeness (QED) is 0.890. The lowest BCUT2D eigenvalue weighted by Crippen LogP contribution is -2.45. The van der Waals surface area contributed by atoms with Gasteiger partial charge in [-0.1, -0.05) is 19.1 Å². The summed E-state index contributed by atoms with van der Waals surface area (Å²) in [4.78, 5) is 11.7. The molecule has 5 nitrogen and oxygen atoms in total. The van der Waals surface area contributed by atoms with E-state index in [-0.39, 0.29) is 0 Å². The predicted molar refractivity (Wildman–Crippen MR) is 81.8 cm³/mol. The zero-order valence-corrected chi connectivity index (χ0v) is 13.1. The van der Waals surface area contributed by atoms with Crippen LogP contribution in [0.1, 0.15) is 38.8 Å². The third-order valence-corrected chi connectivity index (χ3v) is 3.16. The Bertz CT molecular complexity index is 543. The topological polar surface area (TPSA) is 88.1 Å². The minimum absolute atomic E-state index is 0.341. The van der Waals surface area contributed by atoms with Crippen LogP contribution in [0.15, 0.2) is 24.3 Å². The van der Waals surface area contributed by atoms with E-state index in [1.54, 1.807) is 12.1 Å². The molecule has 1 rings (SSSR count). The van der Waals surface area contributed by atoms with Crippen LogP contribution in [0, 0.1) is 11.3 Å². The molecule has 0 aliphatic heterocycles. The van der Waals surface area contributed by atoms with E-state index in [1.807, 2.05) is 39.8 Å². The molecule has 0 aliphatic carbocycles. The highest BCUT2D eigenvalue weighted by Crippen LogP contribution is 2.23. The summed E-state index contributed by atoms with van der Waals surface area (Å²) in [6, 6.07) is 9.36. The van der Waals surface area contributed by atoms with Gasteiger partial charge >= 0.3 is 6.09 Å². The summed E-state index contributed by atoms with van der Waals surface area (Å²) in [5, 5.41) is 11.7. The summed E-state index contributed by atoms with van der Waals surface area (Å²) in [5.41, 5.74) is 6.37. The summed E-state index contributed by atoms with van der Waals surface area (Å²) in [5.74, 6) is 0. The van der Waals surface area contributed by atoms with E-state index in [2.05, 4.69) is 11.4 Å². The lowest BCUT2D eigenvalue weighted by atomic mass is 9.82. The van der Waals surface area contributed by atoms with Crippen molar-refractivity contribution >= 4 is 6.09 Å². The van der Waals surface area contributed by atoms with Gasteiger partial charge in [-0.15, -0.1) is 0 Å². The monoisotopic (exact) mass is 289 g/mol. The average Bonchev–Trinajstić information content (AvgIpc) is 2.43. The molecule has 5 heteroatoms. The number of ether oxygens (including phenoxy) is 1. The molecule has 114 valence electrons. The number of nitrogens with one attached hydrogen (secondary N) is 1. The molecule has 0 spiro atoms. The highest BCUT2D eigenvalue weighted by molar-refractivity contribution is 5.67. The van der Waals surface area contributed by atoms with Crippen LogP contribution < -0.4 is 11.1 Å². The van der Waals surface area contributed by atoms with Crippen molar-refractivity contribution in [2.24, 2.45) is 5.73 Å². The van der Waals surface area contributed by atoms with Crippen molar-refractivity contribution in [3.8, 4) is 6.07 Å². The first-order valence-corrected chi connectivity index (χ1v) is 6.88. The van der Waals surface area contributed by atoms with Gasteiger partial charge in [0.25, 0.3) is 0 Å². The van der Waals surface area contributed by atoms with Gasteiger partial charge in [0.05, 0.1) is 11.6 Å². The van der Waals surface area contributed by atoms with Crippen molar-refractivity contribution in [2.45, 2.75) is 38.7 Å². The van der Waals surface area contributed by atoms with Crippen LogP contribution in [-0.2, 0) is 10.2 Å². The van der Waals surface area contributed by atoms with Crippen molar-refractivity contribution in [1.82, 2.24) is 5.32 Å². The summed E-state index contributed by atoms with van der Waals surface area (Å²) in [7, 11) is 0. The number of rotatable bonds is 4. The van der Waals surface area contributed by atoms with Gasteiger partial charge in [-0.05, 0) is 38.5 Å². The fourth-order valence-electron chi connectivity index (χ4n) is 1.84. The van der Waals surface area contributed by atoms with Gasteiger partial charge in [-0.3, -0.25) is 0 Å². The second-order valence-corrected chi connectivity index (χ2v) is 6.31. The molecule has 0 radical (unpaired) electrons. The summed E-state index contributed by atoms with van der Waals surface area (Å²) in [6.45, 7) is 8.06. The van der Waals surface area contributed by atoms with Gasteiger partial charge in [-0.2, -0.15) is 5.26 Å². The van der Waals surface area contributed by atoms with Gasteiger partial charge in [0, 0.05) is 18.5 Å². The number of benzene rings is 1. The first kappa shape index (κ1) is 17.0. The van der Waals surface area contributed by atoms with Crippen LogP contribution in [0.5, 0.6) is 0 Å². The molecule has 1 unspecified atom stereocenters. The van der Waals surface area contributed by atoms with Gasteiger partial charge < -0.3 is 15.8 Å². The maximum atomic E-state index is 11.7. The third kappa shape index (κ3) is 5.09. The Morgan fingerprint density at radius 1 is 1.38 bits per heavy atom. The van der Waals surface area contributed by atoms with Crippen LogP contribution in [0.3, 0.4) is 0 Å². The van der Waals surface area contributed by atoms with Crippen molar-refractivity contribution in [1.29, 1.82) is 5.26 Å². The Kier molecular flexibility index (Phi) is 5.34. The lowest BCUT2D eigenvalue weighted by Gasteiger charge is -2.29. The first-order chi connectivity index (χ1) is 9.70. The highest BCUT2D eigenvalue weighted by Gasteiger charge is 2.27. The van der Waals surface area contributed by atoms with Crippen molar-refractivity contribution in [3.05, 3.63) is 35.4 Å². The number of hydrogen-bond acceptors (Lipinski definition) is 4. The van der Waals surface area contributed by atoms with E-state index in [0.29, 0.717) is 18.7 Å². The number of amides is 1. The van der Waals surface area contributed by atoms with Crippen molar-refractivity contribution in [2.75, 3.05) is 13.1 Å². The fraction of sp³-hybridized carbons (Fsp3) is 0.500. The van der Waals surface area contributed by atoms with Crippen LogP contribution >= 0.6 is 0 Å². The maximum Gasteiger partial charge on any atom is 0.407 e. The van der Waals surface area contributed by atoms with Crippen LogP contribution in [0.25, 0.3) is 0 Å². The lowest BCUT2D eigenvalue weighted by molar-refractivity contribution is 0.0516. The van der Waals surface area contributed by atoms with E-state index in [1.165, 1.54) is 0 Å². The Labute approximate surface area is 126 Å². The number of carbonyl (C=O) groups is 1. The van der Waals surface area contributed by atoms with E-state index >= 15 is 0 Å². The molecule has 0 heterocycles. The van der Waals surface area contributed by atoms with Crippen molar-refractivity contribution in [3.63, 3.8) is 0 Å². The van der Waals surface area contributed by atoms with Crippen LogP contribution in [0.4, 0.5) is 4.79 Å². The first-order valence-electron chi connectivity index (χ1n) is 6.88. The fourth-order valence-corrected chi connectivity index (χ4v) is 1.84. The number of carbonyl (C=O) groups excluding carboxylic acids is 1. The Morgan fingerprint density at radius 2 is 2.05 bits per heavy atom. The SMILES string of the molecule is CC(C)(C)OC(=O)NCC(C)(CN)c1cccc(C#N)c1. The average molecular weight is 289 g/mol. The zero-order chi connectivity index (χ0) is 16.1. The van der Waals surface area contributed by atoms with E-state index in [0.717, 1.165) is 5.56 Å². The Hall–Kier alpha value is -2.06. The highest BCUT2D eigenvalue weighted by atomic mass is 16.6. The third-order valence-electron chi connectivity index (χ3n) is 3.16. The maximum absolute atomic E-state index is 11.7. The molecule has 1 aromatic rings. The van der Waals surface area contributed by atoms with E-state index < -0.39 is 17.1 Å². The normalized spacial score (nSPS) is 13.9. The molecule has 0 bridgehead atoms. The molecule has 1 amide bonds. The van der Waals surface area contributed by atoms with Crippen LogP contribution in [-0.4, -0.2) is 24.8 Å². The molecule has 1 atom stereocenters. The standard InChI is InChI=1S/C16H23N3O2/c1-15(2,3)21-14(20)19-11-16(4,10-18)13-7-5-6-12(8-13)9-17/h5-8H,10-11,18H2,1-4H3,(H,19,20). The second-order valence-electron chi connectivity index (χ2n) is 6.31. The molecule has 21 heavy (non-hydrogen) atoms. The van der Waals surface area contributed by atoms with E-state index in [9.17, 15) is 4.79 Å². The van der Waals surface area contributed by atoms with Crippen LogP contribution in [0.2, 0.25) is 0 Å². The number of nitrogens with zero attached hydrogens (tertiary/aromatic N) is 1. The van der Waals surface area contributed by atoms with Crippen molar-refractivity contribution < 1.29 is 9.53 Å².